The molecular weight excluding hydrogens is 298 g/mol. The van der Waals surface area contributed by atoms with Crippen molar-refractivity contribution in [3.05, 3.63) is 47.6 Å². The summed E-state index contributed by atoms with van der Waals surface area (Å²) in [6.07, 6.45) is 1.46. The Morgan fingerprint density at radius 3 is 2.30 bits per heavy atom. The van der Waals surface area contributed by atoms with Crippen molar-refractivity contribution in [2.24, 2.45) is 0 Å². The summed E-state index contributed by atoms with van der Waals surface area (Å²) in [5.74, 6) is 0.643. The van der Waals surface area contributed by atoms with Gasteiger partial charge in [-0.15, -0.1) is 0 Å². The monoisotopic (exact) mass is 311 g/mol. The maximum Gasteiger partial charge on any atom is 0.232 e. The molecule has 0 aliphatic rings. The summed E-state index contributed by atoms with van der Waals surface area (Å²) >= 11 is 5.80. The number of nitrogens with one attached hydrogen (secondary N) is 2. The molecule has 0 unspecified atom stereocenters. The van der Waals surface area contributed by atoms with Gasteiger partial charge in [-0.25, -0.2) is 13.4 Å². The predicted octanol–water partition coefficient (Wildman–Crippen LogP) is 3.24. The molecule has 106 valence electrons. The largest absolute Gasteiger partial charge is 0.340 e. The lowest BCUT2D eigenvalue weighted by atomic mass is 10.3. The van der Waals surface area contributed by atoms with E-state index in [1.54, 1.807) is 31.2 Å². The fourth-order valence-electron chi connectivity index (χ4n) is 1.46. The van der Waals surface area contributed by atoms with Crippen LogP contribution in [0.4, 0.5) is 17.2 Å². The van der Waals surface area contributed by atoms with Crippen LogP contribution in [0.25, 0.3) is 0 Å². The van der Waals surface area contributed by atoms with Crippen molar-refractivity contribution in [3.8, 4) is 0 Å². The molecule has 0 aliphatic carbocycles. The Balaban J connectivity index is 2.07. The molecule has 1 aromatic heterocycles. The van der Waals surface area contributed by atoms with Gasteiger partial charge < -0.3 is 5.32 Å². The van der Waals surface area contributed by atoms with Crippen LogP contribution in [0.1, 0.15) is 6.92 Å². The normalized spacial score (nSPS) is 11.1. The van der Waals surface area contributed by atoms with Gasteiger partial charge in [0.25, 0.3) is 0 Å². The van der Waals surface area contributed by atoms with Crippen LogP contribution in [0.15, 0.2) is 42.6 Å². The summed E-state index contributed by atoms with van der Waals surface area (Å²) in [4.78, 5) is 4.14. The number of pyridine rings is 1. The van der Waals surface area contributed by atoms with E-state index in [1.165, 1.54) is 6.20 Å². The first-order chi connectivity index (χ1) is 9.48. The molecule has 0 fully saturated rings. The fourth-order valence-corrected chi connectivity index (χ4v) is 2.21. The van der Waals surface area contributed by atoms with Crippen molar-refractivity contribution in [1.29, 1.82) is 0 Å². The first-order valence-electron chi connectivity index (χ1n) is 5.97. The fraction of sp³-hybridized carbons (Fsp3) is 0.154. The van der Waals surface area contributed by atoms with Crippen molar-refractivity contribution in [1.82, 2.24) is 4.98 Å². The number of hydrogen-bond donors (Lipinski definition) is 2. The number of anilines is 3. The quantitative estimate of drug-likeness (QED) is 0.889. The first kappa shape index (κ1) is 14.6. The van der Waals surface area contributed by atoms with Crippen LogP contribution < -0.4 is 10.0 Å². The van der Waals surface area contributed by atoms with E-state index in [1.807, 2.05) is 12.1 Å². The predicted molar refractivity (Wildman–Crippen MR) is 82.1 cm³/mol. The van der Waals surface area contributed by atoms with Gasteiger partial charge in [0.15, 0.2) is 0 Å². The molecular formula is C13H14ClN3O2S. The number of nitrogens with zero attached hydrogens (tertiary/aromatic N) is 1. The molecule has 1 aromatic carbocycles. The molecule has 0 spiro atoms. The average Bonchev–Trinajstić information content (AvgIpc) is 2.43. The molecule has 1 heterocycles. The smallest absolute Gasteiger partial charge is 0.232 e. The van der Waals surface area contributed by atoms with E-state index in [-0.39, 0.29) is 5.75 Å². The third kappa shape index (κ3) is 4.11. The van der Waals surface area contributed by atoms with E-state index in [9.17, 15) is 8.42 Å². The standard InChI is InChI=1S/C13H14ClN3O2S/c1-2-20(18,19)17-12-7-8-13(15-9-12)16-11-5-3-10(14)4-6-11/h3-9,17H,2H2,1H3,(H,15,16). The Morgan fingerprint density at radius 2 is 1.75 bits per heavy atom. The highest BCUT2D eigenvalue weighted by atomic mass is 35.5. The Labute approximate surface area is 123 Å². The molecule has 2 N–H and O–H groups in total. The number of aromatic nitrogens is 1. The zero-order chi connectivity index (χ0) is 14.6. The Hall–Kier alpha value is -1.79. The summed E-state index contributed by atoms with van der Waals surface area (Å²) in [5.41, 5.74) is 1.29. The van der Waals surface area contributed by atoms with E-state index < -0.39 is 10.0 Å². The summed E-state index contributed by atoms with van der Waals surface area (Å²) in [6, 6.07) is 10.6. The van der Waals surface area contributed by atoms with Gasteiger partial charge in [0.1, 0.15) is 5.82 Å². The van der Waals surface area contributed by atoms with Crippen LogP contribution in [0.5, 0.6) is 0 Å². The topological polar surface area (TPSA) is 71.1 Å². The summed E-state index contributed by atoms with van der Waals surface area (Å²) in [7, 11) is -3.27. The summed E-state index contributed by atoms with van der Waals surface area (Å²) in [6.45, 7) is 1.58. The lowest BCUT2D eigenvalue weighted by Gasteiger charge is -2.08. The van der Waals surface area contributed by atoms with Gasteiger partial charge in [-0.05, 0) is 43.3 Å². The molecule has 0 bridgehead atoms. The maximum absolute atomic E-state index is 11.4. The van der Waals surface area contributed by atoms with Gasteiger partial charge in [-0.3, -0.25) is 4.72 Å². The van der Waals surface area contributed by atoms with Crippen molar-refractivity contribution in [2.75, 3.05) is 15.8 Å². The molecule has 0 saturated heterocycles. The number of hydrogen-bond acceptors (Lipinski definition) is 4. The van der Waals surface area contributed by atoms with Gasteiger partial charge in [0.2, 0.25) is 10.0 Å². The molecule has 7 heteroatoms. The highest BCUT2D eigenvalue weighted by Gasteiger charge is 2.06. The van der Waals surface area contributed by atoms with Crippen LogP contribution in [0.3, 0.4) is 0 Å². The maximum atomic E-state index is 11.4. The Morgan fingerprint density at radius 1 is 1.10 bits per heavy atom. The van der Waals surface area contributed by atoms with Crippen molar-refractivity contribution < 1.29 is 8.42 Å². The van der Waals surface area contributed by atoms with Gasteiger partial charge >= 0.3 is 0 Å². The Kier molecular flexibility index (Phi) is 4.46. The minimum atomic E-state index is -3.27. The lowest BCUT2D eigenvalue weighted by molar-refractivity contribution is 0.602. The van der Waals surface area contributed by atoms with Crippen molar-refractivity contribution >= 4 is 38.8 Å². The van der Waals surface area contributed by atoms with E-state index in [2.05, 4.69) is 15.0 Å². The number of rotatable bonds is 5. The van der Waals surface area contributed by atoms with Crippen LogP contribution in [0.2, 0.25) is 5.02 Å². The molecule has 2 aromatic rings. The second kappa shape index (κ2) is 6.11. The minimum Gasteiger partial charge on any atom is -0.340 e. The van der Waals surface area contributed by atoms with Gasteiger partial charge in [-0.2, -0.15) is 0 Å². The third-order valence-corrected chi connectivity index (χ3v) is 4.09. The second-order valence-electron chi connectivity index (χ2n) is 4.07. The minimum absolute atomic E-state index is 0.0256. The van der Waals surface area contributed by atoms with E-state index in [4.69, 9.17) is 11.6 Å². The van der Waals surface area contributed by atoms with Crippen LogP contribution in [0, 0.1) is 0 Å². The van der Waals surface area contributed by atoms with Crippen molar-refractivity contribution in [3.63, 3.8) is 0 Å². The second-order valence-corrected chi connectivity index (χ2v) is 6.52. The van der Waals surface area contributed by atoms with E-state index in [0.29, 0.717) is 16.5 Å². The molecule has 0 radical (unpaired) electrons. The van der Waals surface area contributed by atoms with E-state index in [0.717, 1.165) is 5.69 Å². The molecule has 0 amide bonds. The van der Waals surface area contributed by atoms with Crippen LogP contribution in [-0.2, 0) is 10.0 Å². The van der Waals surface area contributed by atoms with Crippen LogP contribution >= 0.6 is 11.6 Å². The van der Waals surface area contributed by atoms with Gasteiger partial charge in [0, 0.05) is 10.7 Å². The summed E-state index contributed by atoms with van der Waals surface area (Å²) in [5, 5.41) is 3.75. The highest BCUT2D eigenvalue weighted by Crippen LogP contribution is 2.18. The van der Waals surface area contributed by atoms with Gasteiger partial charge in [-0.1, -0.05) is 11.6 Å². The number of sulfonamides is 1. The third-order valence-electron chi connectivity index (χ3n) is 2.53. The molecule has 5 nitrogen and oxygen atoms in total. The number of benzene rings is 1. The zero-order valence-electron chi connectivity index (χ0n) is 10.8. The summed E-state index contributed by atoms with van der Waals surface area (Å²) < 4.78 is 25.3. The van der Waals surface area contributed by atoms with Gasteiger partial charge in [0.05, 0.1) is 17.6 Å². The SMILES string of the molecule is CCS(=O)(=O)Nc1ccc(Nc2ccc(Cl)cc2)nc1. The molecule has 0 atom stereocenters. The number of halogens is 1. The average molecular weight is 312 g/mol. The first-order valence-corrected chi connectivity index (χ1v) is 8.00. The van der Waals surface area contributed by atoms with E-state index >= 15 is 0 Å². The van der Waals surface area contributed by atoms with Crippen molar-refractivity contribution in [2.45, 2.75) is 6.92 Å². The molecule has 20 heavy (non-hydrogen) atoms. The highest BCUT2D eigenvalue weighted by molar-refractivity contribution is 7.92. The lowest BCUT2D eigenvalue weighted by Crippen LogP contribution is -2.14. The zero-order valence-corrected chi connectivity index (χ0v) is 12.4. The van der Waals surface area contributed by atoms with Crippen LogP contribution in [-0.4, -0.2) is 19.2 Å². The Bertz CT molecular complexity index is 670. The molecule has 2 rings (SSSR count). The molecule has 0 aliphatic heterocycles. The molecule has 0 saturated carbocycles.